The molecule has 1 heterocycles. The number of aromatic nitrogens is 2. The van der Waals surface area contributed by atoms with E-state index in [1.165, 1.54) is 30.6 Å². The second-order valence-electron chi connectivity index (χ2n) is 5.94. The van der Waals surface area contributed by atoms with Gasteiger partial charge in [0.2, 0.25) is 5.95 Å². The van der Waals surface area contributed by atoms with Crippen LogP contribution in [0.4, 0.5) is 21.7 Å². The van der Waals surface area contributed by atoms with E-state index in [0.29, 0.717) is 23.7 Å². The molecular weight excluding hydrogens is 367 g/mol. The van der Waals surface area contributed by atoms with Crippen molar-refractivity contribution in [3.8, 4) is 0 Å². The van der Waals surface area contributed by atoms with E-state index >= 15 is 0 Å². The van der Waals surface area contributed by atoms with Crippen LogP contribution in [0, 0.1) is 12.7 Å². The first-order valence-electron chi connectivity index (χ1n) is 8.40. The lowest BCUT2D eigenvalue weighted by atomic mass is 10.2. The normalized spacial score (nSPS) is 10.5. The molecule has 0 saturated carbocycles. The van der Waals surface area contributed by atoms with E-state index in [0.717, 1.165) is 11.3 Å². The van der Waals surface area contributed by atoms with E-state index in [-0.39, 0.29) is 5.02 Å². The third-order valence-electron chi connectivity index (χ3n) is 3.95. The van der Waals surface area contributed by atoms with Gasteiger partial charge in [-0.15, -0.1) is 0 Å². The van der Waals surface area contributed by atoms with E-state index in [9.17, 15) is 9.18 Å². The Hall–Kier alpha value is -2.99. The molecule has 0 unspecified atom stereocenters. The Kier molecular flexibility index (Phi) is 5.66. The van der Waals surface area contributed by atoms with Crippen molar-refractivity contribution >= 4 is 34.8 Å². The Morgan fingerprint density at radius 2 is 1.93 bits per heavy atom. The number of halogens is 2. The van der Waals surface area contributed by atoms with E-state index < -0.39 is 11.7 Å². The number of anilines is 3. The Labute approximate surface area is 161 Å². The fourth-order valence-corrected chi connectivity index (χ4v) is 2.77. The maximum atomic E-state index is 13.2. The number of hydrogen-bond donors (Lipinski definition) is 1. The number of hydrogen-bond acceptors (Lipinski definition) is 4. The Morgan fingerprint density at radius 3 is 2.56 bits per heavy atom. The van der Waals surface area contributed by atoms with Crippen molar-refractivity contribution in [2.45, 2.75) is 13.8 Å². The molecule has 0 saturated heterocycles. The summed E-state index contributed by atoms with van der Waals surface area (Å²) in [7, 11) is 0. The summed E-state index contributed by atoms with van der Waals surface area (Å²) in [5.74, 6) is -0.439. The van der Waals surface area contributed by atoms with Crippen molar-refractivity contribution in [3.05, 3.63) is 76.8 Å². The summed E-state index contributed by atoms with van der Waals surface area (Å²) in [6.07, 6.45) is 2.92. The topological polar surface area (TPSA) is 58.1 Å². The van der Waals surface area contributed by atoms with Gasteiger partial charge in [0.15, 0.2) is 0 Å². The van der Waals surface area contributed by atoms with Gasteiger partial charge in [0.05, 0.1) is 10.6 Å². The predicted octanol–water partition coefficient (Wildman–Crippen LogP) is 4.99. The van der Waals surface area contributed by atoms with Gasteiger partial charge in [-0.05, 0) is 49.7 Å². The molecule has 3 aromatic rings. The summed E-state index contributed by atoms with van der Waals surface area (Å²) in [5, 5.41) is 2.59. The average Bonchev–Trinajstić information content (AvgIpc) is 2.66. The molecule has 0 spiro atoms. The van der Waals surface area contributed by atoms with Crippen LogP contribution in [0.2, 0.25) is 5.02 Å². The van der Waals surface area contributed by atoms with Crippen LogP contribution in [0.15, 0.2) is 54.9 Å². The van der Waals surface area contributed by atoms with E-state index in [2.05, 4.69) is 15.3 Å². The number of amides is 1. The molecule has 0 atom stereocenters. The van der Waals surface area contributed by atoms with E-state index in [1.54, 1.807) is 0 Å². The van der Waals surface area contributed by atoms with Crippen LogP contribution in [0.1, 0.15) is 22.8 Å². The van der Waals surface area contributed by atoms with Gasteiger partial charge in [-0.3, -0.25) is 4.79 Å². The van der Waals surface area contributed by atoms with Gasteiger partial charge in [0.1, 0.15) is 5.82 Å². The zero-order chi connectivity index (χ0) is 19.4. The average molecular weight is 385 g/mol. The quantitative estimate of drug-likeness (QED) is 0.673. The molecule has 5 nitrogen and oxygen atoms in total. The molecule has 0 aliphatic carbocycles. The smallest absolute Gasteiger partial charge is 0.258 e. The Bertz CT molecular complexity index is 962. The minimum atomic E-state index is -0.543. The second kappa shape index (κ2) is 8.14. The van der Waals surface area contributed by atoms with Gasteiger partial charge < -0.3 is 10.2 Å². The second-order valence-corrected chi connectivity index (χ2v) is 6.35. The summed E-state index contributed by atoms with van der Waals surface area (Å²) in [6, 6.07) is 12.0. The lowest BCUT2D eigenvalue weighted by Crippen LogP contribution is -2.20. The molecule has 0 aliphatic rings. The fourth-order valence-electron chi connectivity index (χ4n) is 2.59. The number of carbonyl (C=O) groups is 1. The molecule has 1 aromatic heterocycles. The summed E-state index contributed by atoms with van der Waals surface area (Å²) in [6.45, 7) is 4.71. The van der Waals surface area contributed by atoms with E-state index in [1.807, 2.05) is 43.0 Å². The maximum Gasteiger partial charge on any atom is 0.258 e. The highest BCUT2D eigenvalue weighted by Gasteiger charge is 2.13. The highest BCUT2D eigenvalue weighted by molar-refractivity contribution is 6.31. The minimum Gasteiger partial charge on any atom is -0.322 e. The third-order valence-corrected chi connectivity index (χ3v) is 4.24. The van der Waals surface area contributed by atoms with Crippen LogP contribution in [0.3, 0.4) is 0 Å². The van der Waals surface area contributed by atoms with Crippen molar-refractivity contribution in [2.24, 2.45) is 0 Å². The van der Waals surface area contributed by atoms with Gasteiger partial charge in [-0.2, -0.15) is 0 Å². The minimum absolute atomic E-state index is 0.0591. The van der Waals surface area contributed by atoms with Crippen LogP contribution >= 0.6 is 11.6 Å². The largest absolute Gasteiger partial charge is 0.322 e. The summed E-state index contributed by atoms with van der Waals surface area (Å²) < 4.78 is 13.2. The van der Waals surface area contributed by atoms with Gasteiger partial charge in [-0.25, -0.2) is 14.4 Å². The molecule has 2 aromatic carbocycles. The molecule has 27 heavy (non-hydrogen) atoms. The van der Waals surface area contributed by atoms with Crippen molar-refractivity contribution in [3.63, 3.8) is 0 Å². The molecule has 0 radical (unpaired) electrons. The molecule has 138 valence electrons. The molecule has 1 amide bonds. The van der Waals surface area contributed by atoms with E-state index in [4.69, 9.17) is 11.6 Å². The molecule has 3 rings (SSSR count). The molecule has 7 heteroatoms. The van der Waals surface area contributed by atoms with Gasteiger partial charge in [-0.1, -0.05) is 23.7 Å². The third kappa shape index (κ3) is 4.41. The standard InChI is InChI=1S/C20H18ClFN4O/c1-3-26(16-6-4-5-13(2)9-16)20-23-11-14(12-24-20)19(27)25-15-7-8-18(22)17(21)10-15/h4-12H,3H2,1-2H3,(H,25,27). The highest BCUT2D eigenvalue weighted by atomic mass is 35.5. The number of carbonyl (C=O) groups excluding carboxylic acids is 1. The number of benzene rings is 2. The number of nitrogens with zero attached hydrogens (tertiary/aromatic N) is 3. The van der Waals surface area contributed by atoms with Crippen molar-refractivity contribution < 1.29 is 9.18 Å². The van der Waals surface area contributed by atoms with Crippen LogP contribution in [0.25, 0.3) is 0 Å². The van der Waals surface area contributed by atoms with Gasteiger partial charge in [0, 0.05) is 30.3 Å². The maximum absolute atomic E-state index is 13.2. The van der Waals surface area contributed by atoms with Crippen LogP contribution in [-0.4, -0.2) is 22.4 Å². The monoisotopic (exact) mass is 384 g/mol. The zero-order valence-corrected chi connectivity index (χ0v) is 15.7. The van der Waals surface area contributed by atoms with Crippen LogP contribution < -0.4 is 10.2 Å². The summed E-state index contributed by atoms with van der Waals surface area (Å²) in [4.78, 5) is 22.9. The number of aryl methyl sites for hydroxylation is 1. The first-order valence-corrected chi connectivity index (χ1v) is 8.78. The summed E-state index contributed by atoms with van der Waals surface area (Å²) >= 11 is 5.73. The first kappa shape index (κ1) is 18.8. The number of rotatable bonds is 5. The SMILES string of the molecule is CCN(c1cccc(C)c1)c1ncc(C(=O)Nc2ccc(F)c(Cl)c2)cn1. The molecule has 0 aliphatic heterocycles. The van der Waals surface area contributed by atoms with Crippen molar-refractivity contribution in [1.29, 1.82) is 0 Å². The van der Waals surface area contributed by atoms with Crippen LogP contribution in [0.5, 0.6) is 0 Å². The zero-order valence-electron chi connectivity index (χ0n) is 14.9. The summed E-state index contributed by atoms with van der Waals surface area (Å²) in [5.41, 5.74) is 2.81. The molecule has 1 N–H and O–H groups in total. The fraction of sp³-hybridized carbons (Fsp3) is 0.150. The number of nitrogens with one attached hydrogen (secondary N) is 1. The Morgan fingerprint density at radius 1 is 1.19 bits per heavy atom. The predicted molar refractivity (Wildman–Crippen MR) is 105 cm³/mol. The van der Waals surface area contributed by atoms with Gasteiger partial charge in [0.25, 0.3) is 5.91 Å². The van der Waals surface area contributed by atoms with Crippen molar-refractivity contribution in [2.75, 3.05) is 16.8 Å². The Balaban J connectivity index is 1.77. The molecular formula is C20H18ClFN4O. The highest BCUT2D eigenvalue weighted by Crippen LogP contribution is 2.23. The first-order chi connectivity index (χ1) is 13.0. The molecule has 0 fully saturated rings. The van der Waals surface area contributed by atoms with Crippen LogP contribution in [-0.2, 0) is 0 Å². The van der Waals surface area contributed by atoms with Gasteiger partial charge >= 0.3 is 0 Å². The van der Waals surface area contributed by atoms with Crippen molar-refractivity contribution in [1.82, 2.24) is 9.97 Å². The lowest BCUT2D eigenvalue weighted by molar-refractivity contribution is 0.102. The lowest BCUT2D eigenvalue weighted by Gasteiger charge is -2.21. The molecule has 0 bridgehead atoms.